The maximum atomic E-state index is 4.91. The van der Waals surface area contributed by atoms with Gasteiger partial charge in [-0.1, -0.05) is 61.5 Å². The first-order valence-corrected chi connectivity index (χ1v) is 6.97. The molecule has 0 aliphatic heterocycles. The number of hydrogen-bond acceptors (Lipinski definition) is 1. The Labute approximate surface area is 113 Å². The Kier molecular flexibility index (Phi) is 3.95. The van der Waals surface area contributed by atoms with Crippen molar-refractivity contribution in [3.63, 3.8) is 0 Å². The molecule has 0 saturated carbocycles. The van der Waals surface area contributed by atoms with Gasteiger partial charge >= 0.3 is 0 Å². The van der Waals surface area contributed by atoms with Crippen LogP contribution in [0.15, 0.2) is 6.07 Å². The molecule has 0 atom stereocenters. The lowest BCUT2D eigenvalue weighted by molar-refractivity contribution is 0.547. The molecule has 1 aromatic heterocycles. The molecule has 0 unspecified atom stereocenters. The minimum absolute atomic E-state index is 0.153. The fraction of sp³-hybridized carbons (Fsp3) is 0.706. The molecule has 1 rings (SSSR count). The summed E-state index contributed by atoms with van der Waals surface area (Å²) in [5, 5.41) is 0. The first-order chi connectivity index (χ1) is 7.94. The molecule has 0 aliphatic rings. The highest BCUT2D eigenvalue weighted by molar-refractivity contribution is 5.39. The van der Waals surface area contributed by atoms with Crippen molar-refractivity contribution in [2.75, 3.05) is 0 Å². The third-order valence-electron chi connectivity index (χ3n) is 3.41. The van der Waals surface area contributed by atoms with Crippen molar-refractivity contribution in [1.29, 1.82) is 0 Å². The number of nitrogens with zero attached hydrogens (tertiary/aromatic N) is 1. The molecule has 0 fully saturated rings. The van der Waals surface area contributed by atoms with Crippen LogP contribution in [0, 0.1) is 6.92 Å². The molecule has 1 nitrogen and oxygen atoms in total. The van der Waals surface area contributed by atoms with Crippen LogP contribution >= 0.6 is 0 Å². The van der Waals surface area contributed by atoms with Crippen LogP contribution in [0.3, 0.4) is 0 Å². The van der Waals surface area contributed by atoms with Crippen LogP contribution in [0.2, 0.25) is 0 Å². The lowest BCUT2D eigenvalue weighted by atomic mass is 9.78. The molecule has 0 aliphatic carbocycles. The van der Waals surface area contributed by atoms with E-state index in [1.54, 1.807) is 0 Å². The monoisotopic (exact) mass is 247 g/mol. The second kappa shape index (κ2) is 4.68. The molecule has 0 aromatic carbocycles. The zero-order chi connectivity index (χ0) is 14.3. The van der Waals surface area contributed by atoms with Crippen molar-refractivity contribution >= 4 is 0 Å². The zero-order valence-corrected chi connectivity index (χ0v) is 13.6. The number of pyridine rings is 1. The van der Waals surface area contributed by atoms with Crippen molar-refractivity contribution in [1.82, 2.24) is 4.98 Å². The quantitative estimate of drug-likeness (QED) is 0.672. The van der Waals surface area contributed by atoms with E-state index in [2.05, 4.69) is 68.4 Å². The topological polar surface area (TPSA) is 12.9 Å². The summed E-state index contributed by atoms with van der Waals surface area (Å²) in [5.74, 6) is 0.479. The number of aryl methyl sites for hydroxylation is 1. The fourth-order valence-electron chi connectivity index (χ4n) is 2.42. The van der Waals surface area contributed by atoms with Crippen molar-refractivity contribution in [3.8, 4) is 0 Å². The maximum Gasteiger partial charge on any atom is 0.0469 e. The van der Waals surface area contributed by atoms with Crippen LogP contribution in [-0.4, -0.2) is 4.98 Å². The Morgan fingerprint density at radius 3 is 1.67 bits per heavy atom. The summed E-state index contributed by atoms with van der Waals surface area (Å²) in [6, 6.07) is 2.39. The number of hydrogen-bond donors (Lipinski definition) is 0. The summed E-state index contributed by atoms with van der Waals surface area (Å²) in [6.45, 7) is 20.2. The van der Waals surface area contributed by atoms with E-state index in [1.165, 1.54) is 22.5 Å². The van der Waals surface area contributed by atoms with Gasteiger partial charge in [-0.3, -0.25) is 4.98 Å². The highest BCUT2D eigenvalue weighted by atomic mass is 14.7. The van der Waals surface area contributed by atoms with E-state index in [9.17, 15) is 0 Å². The summed E-state index contributed by atoms with van der Waals surface area (Å²) < 4.78 is 0. The van der Waals surface area contributed by atoms with Gasteiger partial charge in [0, 0.05) is 11.4 Å². The van der Waals surface area contributed by atoms with Gasteiger partial charge in [0.1, 0.15) is 0 Å². The van der Waals surface area contributed by atoms with E-state index in [0.717, 1.165) is 0 Å². The van der Waals surface area contributed by atoms with E-state index in [1.807, 2.05) is 0 Å². The third kappa shape index (κ3) is 3.13. The normalized spacial score (nSPS) is 13.2. The van der Waals surface area contributed by atoms with Gasteiger partial charge in [-0.15, -0.1) is 0 Å². The first kappa shape index (κ1) is 15.2. The lowest BCUT2D eigenvalue weighted by Gasteiger charge is -2.29. The largest absolute Gasteiger partial charge is 0.257 e. The molecule has 18 heavy (non-hydrogen) atoms. The van der Waals surface area contributed by atoms with E-state index in [0.29, 0.717) is 5.92 Å². The van der Waals surface area contributed by atoms with E-state index in [4.69, 9.17) is 4.98 Å². The van der Waals surface area contributed by atoms with Gasteiger partial charge in [0.25, 0.3) is 0 Å². The summed E-state index contributed by atoms with van der Waals surface area (Å²) in [7, 11) is 0. The molecule has 1 heteroatoms. The Bertz CT molecular complexity index is 428. The summed E-state index contributed by atoms with van der Waals surface area (Å²) in [4.78, 5) is 4.91. The minimum atomic E-state index is 0.153. The van der Waals surface area contributed by atoms with Crippen molar-refractivity contribution in [3.05, 3.63) is 28.6 Å². The Balaban J connectivity index is 3.57. The molecular formula is C17H29N. The van der Waals surface area contributed by atoms with Gasteiger partial charge in [-0.25, -0.2) is 0 Å². The van der Waals surface area contributed by atoms with Gasteiger partial charge in [-0.2, -0.15) is 0 Å². The fourth-order valence-corrected chi connectivity index (χ4v) is 2.42. The van der Waals surface area contributed by atoms with E-state index in [-0.39, 0.29) is 10.8 Å². The van der Waals surface area contributed by atoms with Crippen LogP contribution in [0.4, 0.5) is 0 Å². The van der Waals surface area contributed by atoms with Crippen LogP contribution in [0.5, 0.6) is 0 Å². The van der Waals surface area contributed by atoms with Gasteiger partial charge in [-0.05, 0) is 34.8 Å². The van der Waals surface area contributed by atoms with Gasteiger partial charge < -0.3 is 0 Å². The Hall–Kier alpha value is -0.850. The molecule has 0 saturated heterocycles. The second-order valence-electron chi connectivity index (χ2n) is 7.71. The molecule has 1 aromatic rings. The third-order valence-corrected chi connectivity index (χ3v) is 3.41. The SMILES string of the molecule is Cc1nc(C(C)C)c(C(C)(C)C)cc1C(C)(C)C. The van der Waals surface area contributed by atoms with Crippen molar-refractivity contribution < 1.29 is 0 Å². The minimum Gasteiger partial charge on any atom is -0.257 e. The smallest absolute Gasteiger partial charge is 0.0469 e. The predicted octanol–water partition coefficient (Wildman–Crippen LogP) is 5.11. The zero-order valence-electron chi connectivity index (χ0n) is 13.6. The molecule has 102 valence electrons. The Morgan fingerprint density at radius 1 is 0.889 bits per heavy atom. The average Bonchev–Trinajstić information content (AvgIpc) is 2.12. The molecule has 1 heterocycles. The summed E-state index contributed by atoms with van der Waals surface area (Å²) in [6.07, 6.45) is 0. The Morgan fingerprint density at radius 2 is 1.33 bits per heavy atom. The molecule has 0 bridgehead atoms. The molecule has 0 spiro atoms. The standard InChI is InChI=1S/C17H29N/c1-11(2)15-14(17(7,8)9)10-13(12(3)18-15)16(4,5)6/h10-11H,1-9H3. The van der Waals surface area contributed by atoms with Gasteiger partial charge in [0.2, 0.25) is 0 Å². The van der Waals surface area contributed by atoms with Crippen LogP contribution in [0.1, 0.15) is 83.8 Å². The summed E-state index contributed by atoms with van der Waals surface area (Å²) in [5.41, 5.74) is 5.52. The van der Waals surface area contributed by atoms with Crippen LogP contribution < -0.4 is 0 Å². The van der Waals surface area contributed by atoms with Crippen molar-refractivity contribution in [2.24, 2.45) is 0 Å². The maximum absolute atomic E-state index is 4.91. The first-order valence-electron chi connectivity index (χ1n) is 6.97. The van der Waals surface area contributed by atoms with Gasteiger partial charge in [0.05, 0.1) is 0 Å². The second-order valence-corrected chi connectivity index (χ2v) is 7.71. The van der Waals surface area contributed by atoms with Crippen molar-refractivity contribution in [2.45, 2.75) is 79.1 Å². The molecule has 0 N–H and O–H groups in total. The number of aromatic nitrogens is 1. The predicted molar refractivity (Wildman–Crippen MR) is 80.5 cm³/mol. The van der Waals surface area contributed by atoms with E-state index < -0.39 is 0 Å². The highest BCUT2D eigenvalue weighted by Crippen LogP contribution is 2.34. The van der Waals surface area contributed by atoms with Crippen LogP contribution in [-0.2, 0) is 10.8 Å². The number of rotatable bonds is 1. The van der Waals surface area contributed by atoms with E-state index >= 15 is 0 Å². The average molecular weight is 247 g/mol. The molecular weight excluding hydrogens is 218 g/mol. The highest BCUT2D eigenvalue weighted by Gasteiger charge is 2.25. The summed E-state index contributed by atoms with van der Waals surface area (Å²) >= 11 is 0. The van der Waals surface area contributed by atoms with Crippen LogP contribution in [0.25, 0.3) is 0 Å². The molecule has 0 radical (unpaired) electrons. The van der Waals surface area contributed by atoms with Gasteiger partial charge in [0.15, 0.2) is 0 Å². The molecule has 0 amide bonds. The lowest BCUT2D eigenvalue weighted by Crippen LogP contribution is -2.22.